The molecule has 0 unspecified atom stereocenters. The number of amides is 2. The number of aryl methyl sites for hydroxylation is 2. The lowest BCUT2D eigenvalue weighted by molar-refractivity contribution is -0.123. The Bertz CT molecular complexity index is 889. The summed E-state index contributed by atoms with van der Waals surface area (Å²) in [5.74, 6) is -0.185. The number of carbonyl (C=O) groups excluding carboxylic acids is 2. The van der Waals surface area contributed by atoms with E-state index < -0.39 is 5.41 Å². The first kappa shape index (κ1) is 17.2. The molecule has 6 heteroatoms. The van der Waals surface area contributed by atoms with E-state index in [1.807, 2.05) is 13.8 Å². The predicted octanol–water partition coefficient (Wildman–Crippen LogP) is 3.02. The van der Waals surface area contributed by atoms with Crippen molar-refractivity contribution in [2.45, 2.75) is 39.7 Å². The van der Waals surface area contributed by atoms with Gasteiger partial charge in [0.1, 0.15) is 5.69 Å². The Balaban J connectivity index is 1.66. The molecule has 1 saturated carbocycles. The molecule has 2 aromatic rings. The quantitative estimate of drug-likeness (QED) is 0.900. The Morgan fingerprint density at radius 1 is 1.35 bits per heavy atom. The van der Waals surface area contributed by atoms with E-state index >= 15 is 0 Å². The number of thiazole rings is 1. The maximum absolute atomic E-state index is 13.2. The van der Waals surface area contributed by atoms with E-state index in [9.17, 15) is 9.59 Å². The summed E-state index contributed by atoms with van der Waals surface area (Å²) < 4.78 is 0. The van der Waals surface area contributed by atoms with Gasteiger partial charge in [-0.05, 0) is 43.7 Å². The third kappa shape index (κ3) is 2.47. The second-order valence-electron chi connectivity index (χ2n) is 7.47. The largest absolute Gasteiger partial charge is 0.369 e. The molecule has 136 valence electrons. The summed E-state index contributed by atoms with van der Waals surface area (Å²) in [6.07, 6.45) is 1.78. The van der Waals surface area contributed by atoms with Gasteiger partial charge in [0.15, 0.2) is 0 Å². The molecule has 1 aliphatic heterocycles. The summed E-state index contributed by atoms with van der Waals surface area (Å²) in [4.78, 5) is 32.3. The average molecular weight is 369 g/mol. The zero-order chi connectivity index (χ0) is 18.6. The van der Waals surface area contributed by atoms with Crippen LogP contribution in [0.5, 0.6) is 0 Å². The van der Waals surface area contributed by atoms with Crippen molar-refractivity contribution < 1.29 is 9.59 Å². The van der Waals surface area contributed by atoms with Gasteiger partial charge in [-0.3, -0.25) is 9.59 Å². The molecule has 1 aromatic heterocycles. The number of aromatic nitrogens is 1. The lowest BCUT2D eigenvalue weighted by Crippen LogP contribution is -2.39. The number of nitrogens with zero attached hydrogens (tertiary/aromatic N) is 2. The van der Waals surface area contributed by atoms with E-state index in [1.54, 1.807) is 4.90 Å². The van der Waals surface area contributed by atoms with Crippen molar-refractivity contribution in [2.75, 3.05) is 6.54 Å². The maximum atomic E-state index is 13.2. The van der Waals surface area contributed by atoms with Crippen LogP contribution in [-0.2, 0) is 11.2 Å². The standard InChI is InChI=1S/C20H23N3O2S/c1-4-13-5-7-14(8-6-13)17-16(22-12(3)26-17)18(24)23-10-20(19(21)25)9-15(20)11(23)2/h5-8,11,15H,4,9-10H2,1-3H3,(H2,21,25)/t11-,15+,20-/m0/s1. The number of hydrogen-bond donors (Lipinski definition) is 1. The number of rotatable bonds is 4. The normalized spacial score (nSPS) is 26.7. The summed E-state index contributed by atoms with van der Waals surface area (Å²) in [6, 6.07) is 8.31. The Morgan fingerprint density at radius 3 is 2.62 bits per heavy atom. The van der Waals surface area contributed by atoms with Crippen LogP contribution < -0.4 is 5.73 Å². The fraction of sp³-hybridized carbons (Fsp3) is 0.450. The molecule has 1 saturated heterocycles. The van der Waals surface area contributed by atoms with Crippen LogP contribution in [0.25, 0.3) is 10.4 Å². The van der Waals surface area contributed by atoms with E-state index in [0.717, 1.165) is 28.3 Å². The second kappa shape index (κ2) is 5.91. The molecule has 0 bridgehead atoms. The summed E-state index contributed by atoms with van der Waals surface area (Å²) in [7, 11) is 0. The monoisotopic (exact) mass is 369 g/mol. The number of carbonyl (C=O) groups is 2. The van der Waals surface area contributed by atoms with Gasteiger partial charge >= 0.3 is 0 Å². The Hall–Kier alpha value is -2.21. The van der Waals surface area contributed by atoms with Crippen molar-refractivity contribution >= 4 is 23.2 Å². The zero-order valence-electron chi connectivity index (χ0n) is 15.3. The SMILES string of the molecule is CCc1ccc(-c2sc(C)nc2C(=O)N2C[C@@]3(C(N)=O)C[C@@H]3[C@@H]2C)cc1. The van der Waals surface area contributed by atoms with Gasteiger partial charge in [-0.1, -0.05) is 31.2 Å². The van der Waals surface area contributed by atoms with Crippen LogP contribution in [0.3, 0.4) is 0 Å². The zero-order valence-corrected chi connectivity index (χ0v) is 16.1. The number of fused-ring (bicyclic) bond motifs is 1. The average Bonchev–Trinajstić information content (AvgIpc) is 3.14. The van der Waals surface area contributed by atoms with E-state index in [4.69, 9.17) is 5.73 Å². The summed E-state index contributed by atoms with van der Waals surface area (Å²) >= 11 is 1.54. The van der Waals surface area contributed by atoms with Crippen LogP contribution >= 0.6 is 11.3 Å². The first-order chi connectivity index (χ1) is 12.4. The van der Waals surface area contributed by atoms with Crippen molar-refractivity contribution in [3.05, 3.63) is 40.5 Å². The molecule has 3 atom stereocenters. The highest BCUT2D eigenvalue weighted by Gasteiger charge is 2.68. The molecule has 1 aliphatic carbocycles. The molecule has 0 spiro atoms. The van der Waals surface area contributed by atoms with E-state index in [0.29, 0.717) is 12.2 Å². The molecule has 2 amide bonds. The minimum absolute atomic E-state index is 0.0207. The van der Waals surface area contributed by atoms with Crippen LogP contribution in [0.1, 0.15) is 41.3 Å². The number of hydrogen-bond acceptors (Lipinski definition) is 4. The molecule has 2 N–H and O–H groups in total. The highest BCUT2D eigenvalue weighted by molar-refractivity contribution is 7.15. The molecular formula is C20H23N3O2S. The second-order valence-corrected chi connectivity index (χ2v) is 8.67. The van der Waals surface area contributed by atoms with E-state index in [-0.39, 0.29) is 23.8 Å². The molecule has 2 heterocycles. The van der Waals surface area contributed by atoms with Crippen molar-refractivity contribution in [1.29, 1.82) is 0 Å². The maximum Gasteiger partial charge on any atom is 0.274 e. The lowest BCUT2D eigenvalue weighted by atomic mass is 10.1. The number of nitrogens with two attached hydrogens (primary N) is 1. The molecule has 2 aliphatic rings. The van der Waals surface area contributed by atoms with Gasteiger partial charge in [-0.2, -0.15) is 0 Å². The van der Waals surface area contributed by atoms with Crippen molar-refractivity contribution in [3.8, 4) is 10.4 Å². The summed E-state index contributed by atoms with van der Waals surface area (Å²) in [5.41, 5.74) is 7.85. The van der Waals surface area contributed by atoms with Gasteiger partial charge in [0.05, 0.1) is 15.3 Å². The molecular weight excluding hydrogens is 346 g/mol. The predicted molar refractivity (Wildman–Crippen MR) is 102 cm³/mol. The lowest BCUT2D eigenvalue weighted by Gasteiger charge is -2.24. The van der Waals surface area contributed by atoms with Crippen LogP contribution in [0, 0.1) is 18.3 Å². The molecule has 1 aromatic carbocycles. The van der Waals surface area contributed by atoms with Gasteiger partial charge in [0, 0.05) is 12.6 Å². The molecule has 2 fully saturated rings. The topological polar surface area (TPSA) is 76.3 Å². The first-order valence-corrected chi connectivity index (χ1v) is 9.86. The number of benzene rings is 1. The van der Waals surface area contributed by atoms with Gasteiger partial charge in [-0.15, -0.1) is 11.3 Å². The molecule has 0 radical (unpaired) electrons. The van der Waals surface area contributed by atoms with Crippen LogP contribution in [-0.4, -0.2) is 34.3 Å². The third-order valence-corrected chi connectivity index (χ3v) is 6.99. The highest BCUT2D eigenvalue weighted by atomic mass is 32.1. The first-order valence-electron chi connectivity index (χ1n) is 9.05. The van der Waals surface area contributed by atoms with Gasteiger partial charge in [0.2, 0.25) is 5.91 Å². The van der Waals surface area contributed by atoms with Crippen LogP contribution in [0.15, 0.2) is 24.3 Å². The minimum Gasteiger partial charge on any atom is -0.369 e. The van der Waals surface area contributed by atoms with Crippen molar-refractivity contribution in [2.24, 2.45) is 17.1 Å². The Kier molecular flexibility index (Phi) is 3.91. The molecule has 4 rings (SSSR count). The highest BCUT2D eigenvalue weighted by Crippen LogP contribution is 2.60. The van der Waals surface area contributed by atoms with E-state index in [1.165, 1.54) is 16.9 Å². The van der Waals surface area contributed by atoms with Crippen molar-refractivity contribution in [3.63, 3.8) is 0 Å². The smallest absolute Gasteiger partial charge is 0.274 e. The van der Waals surface area contributed by atoms with E-state index in [2.05, 4.69) is 36.2 Å². The summed E-state index contributed by atoms with van der Waals surface area (Å²) in [6.45, 7) is 6.46. The minimum atomic E-state index is -0.511. The van der Waals surface area contributed by atoms with Crippen LogP contribution in [0.4, 0.5) is 0 Å². The summed E-state index contributed by atoms with van der Waals surface area (Å²) in [5, 5.41) is 0.865. The fourth-order valence-electron chi connectivity index (χ4n) is 4.23. The number of piperidine rings is 1. The number of likely N-dealkylation sites (tertiary alicyclic amines) is 1. The molecule has 26 heavy (non-hydrogen) atoms. The van der Waals surface area contributed by atoms with Gasteiger partial charge in [0.25, 0.3) is 5.91 Å². The van der Waals surface area contributed by atoms with Gasteiger partial charge in [-0.25, -0.2) is 4.98 Å². The third-order valence-electron chi connectivity index (χ3n) is 5.97. The van der Waals surface area contributed by atoms with Crippen LogP contribution in [0.2, 0.25) is 0 Å². The number of primary amides is 1. The van der Waals surface area contributed by atoms with Crippen molar-refractivity contribution in [1.82, 2.24) is 9.88 Å². The fourth-order valence-corrected chi connectivity index (χ4v) is 5.14. The Labute approximate surface area is 157 Å². The Morgan fingerprint density at radius 2 is 2.04 bits per heavy atom. The van der Waals surface area contributed by atoms with Gasteiger partial charge < -0.3 is 10.6 Å². The molecule has 5 nitrogen and oxygen atoms in total.